The van der Waals surface area contributed by atoms with Crippen molar-refractivity contribution in [1.29, 1.82) is 0 Å². The van der Waals surface area contributed by atoms with E-state index >= 15 is 0 Å². The van der Waals surface area contributed by atoms with Gasteiger partial charge in [-0.05, 0) is 55.3 Å². The summed E-state index contributed by atoms with van der Waals surface area (Å²) in [5.41, 5.74) is 3.50. The minimum atomic E-state index is -3.68. The summed E-state index contributed by atoms with van der Waals surface area (Å²) in [6.07, 6.45) is 3.36. The molecular weight excluding hydrogens is 332 g/mol. The lowest BCUT2D eigenvalue weighted by atomic mass is 10.2. The maximum Gasteiger partial charge on any atom is 0.264 e. The minimum absolute atomic E-state index is 0.230. The van der Waals surface area contributed by atoms with Gasteiger partial charge in [0.05, 0.1) is 17.1 Å². The van der Waals surface area contributed by atoms with Crippen LogP contribution in [0.25, 0.3) is 0 Å². The second kappa shape index (κ2) is 7.07. The van der Waals surface area contributed by atoms with E-state index in [-0.39, 0.29) is 11.4 Å². The van der Waals surface area contributed by atoms with E-state index in [2.05, 4.69) is 4.98 Å². The molecule has 0 radical (unpaired) electrons. The van der Waals surface area contributed by atoms with E-state index in [9.17, 15) is 8.42 Å². The van der Waals surface area contributed by atoms with Gasteiger partial charge >= 0.3 is 0 Å². The molecule has 5 heteroatoms. The molecule has 1 heterocycles. The molecule has 0 fully saturated rings. The van der Waals surface area contributed by atoms with Gasteiger partial charge in [0.15, 0.2) is 0 Å². The fraction of sp³-hybridized carbons (Fsp3) is 0.150. The number of nitrogens with zero attached hydrogens (tertiary/aromatic N) is 2. The van der Waals surface area contributed by atoms with E-state index < -0.39 is 10.0 Å². The number of sulfonamides is 1. The van der Waals surface area contributed by atoms with Gasteiger partial charge < -0.3 is 0 Å². The van der Waals surface area contributed by atoms with Crippen LogP contribution in [-0.4, -0.2) is 13.4 Å². The highest BCUT2D eigenvalue weighted by Crippen LogP contribution is 2.26. The zero-order chi connectivity index (χ0) is 17.9. The Morgan fingerprint density at radius 3 is 2.32 bits per heavy atom. The number of hydrogen-bond acceptors (Lipinski definition) is 3. The van der Waals surface area contributed by atoms with Crippen LogP contribution in [-0.2, 0) is 16.6 Å². The molecule has 2 aromatic carbocycles. The minimum Gasteiger partial charge on any atom is -0.264 e. The first-order valence-electron chi connectivity index (χ1n) is 8.02. The van der Waals surface area contributed by atoms with Crippen molar-refractivity contribution < 1.29 is 8.42 Å². The third-order valence-corrected chi connectivity index (χ3v) is 5.74. The molecule has 0 bridgehead atoms. The number of aromatic nitrogens is 1. The Morgan fingerprint density at radius 1 is 0.920 bits per heavy atom. The van der Waals surface area contributed by atoms with Crippen LogP contribution in [0.4, 0.5) is 5.69 Å². The van der Waals surface area contributed by atoms with Crippen LogP contribution in [0.15, 0.2) is 78.0 Å². The van der Waals surface area contributed by atoms with Gasteiger partial charge in [-0.1, -0.05) is 35.9 Å². The standard InChI is InChI=1S/C20H20N2O2S/c1-16-8-10-20(11-9-16)25(23,24)22(15-18-6-4-12-21-14-18)19-7-3-5-17(2)13-19/h3-14H,15H2,1-2H3. The highest BCUT2D eigenvalue weighted by Gasteiger charge is 2.25. The van der Waals surface area contributed by atoms with Gasteiger partial charge in [0.1, 0.15) is 0 Å². The Kier molecular flexibility index (Phi) is 4.86. The number of rotatable bonds is 5. The molecule has 128 valence electrons. The summed E-state index contributed by atoms with van der Waals surface area (Å²) >= 11 is 0. The van der Waals surface area contributed by atoms with Gasteiger partial charge in [-0.25, -0.2) is 8.42 Å². The molecule has 0 aliphatic heterocycles. The van der Waals surface area contributed by atoms with Crippen molar-refractivity contribution >= 4 is 15.7 Å². The Hall–Kier alpha value is -2.66. The normalized spacial score (nSPS) is 11.3. The van der Waals surface area contributed by atoms with Crippen molar-refractivity contribution in [3.63, 3.8) is 0 Å². The van der Waals surface area contributed by atoms with Gasteiger partial charge in [0, 0.05) is 12.4 Å². The molecule has 3 aromatic rings. The molecule has 0 aliphatic carbocycles. The van der Waals surface area contributed by atoms with Gasteiger partial charge in [-0.3, -0.25) is 9.29 Å². The zero-order valence-corrected chi connectivity index (χ0v) is 15.1. The van der Waals surface area contributed by atoms with Crippen molar-refractivity contribution in [2.75, 3.05) is 4.31 Å². The van der Waals surface area contributed by atoms with Crippen molar-refractivity contribution in [2.45, 2.75) is 25.3 Å². The van der Waals surface area contributed by atoms with Crippen LogP contribution in [0.2, 0.25) is 0 Å². The quantitative estimate of drug-likeness (QED) is 0.695. The molecule has 0 amide bonds. The summed E-state index contributed by atoms with van der Waals surface area (Å²) in [6, 6.07) is 18.1. The van der Waals surface area contributed by atoms with E-state index in [1.54, 1.807) is 24.5 Å². The average molecular weight is 352 g/mol. The van der Waals surface area contributed by atoms with Crippen LogP contribution >= 0.6 is 0 Å². The molecule has 0 unspecified atom stereocenters. The SMILES string of the molecule is Cc1ccc(S(=O)(=O)N(Cc2cccnc2)c2cccc(C)c2)cc1. The highest BCUT2D eigenvalue weighted by molar-refractivity contribution is 7.92. The lowest BCUT2D eigenvalue weighted by molar-refractivity contribution is 0.590. The molecule has 3 rings (SSSR count). The van der Waals surface area contributed by atoms with Gasteiger partial charge in [0.2, 0.25) is 0 Å². The summed E-state index contributed by atoms with van der Waals surface area (Å²) in [7, 11) is -3.68. The van der Waals surface area contributed by atoms with Crippen LogP contribution < -0.4 is 4.31 Å². The smallest absolute Gasteiger partial charge is 0.264 e. The highest BCUT2D eigenvalue weighted by atomic mass is 32.2. The number of hydrogen-bond donors (Lipinski definition) is 0. The van der Waals surface area contributed by atoms with Crippen LogP contribution in [0.1, 0.15) is 16.7 Å². The summed E-state index contributed by atoms with van der Waals surface area (Å²) in [5, 5.41) is 0. The first kappa shape index (κ1) is 17.2. The van der Waals surface area contributed by atoms with Crippen LogP contribution in [0, 0.1) is 13.8 Å². The average Bonchev–Trinajstić information content (AvgIpc) is 2.61. The lowest BCUT2D eigenvalue weighted by Gasteiger charge is -2.25. The molecule has 0 aliphatic rings. The monoisotopic (exact) mass is 352 g/mol. The maximum absolute atomic E-state index is 13.3. The van der Waals surface area contributed by atoms with Gasteiger partial charge in [-0.15, -0.1) is 0 Å². The Labute approximate surface area is 148 Å². The molecule has 0 atom stereocenters. The fourth-order valence-corrected chi connectivity index (χ4v) is 4.04. The molecule has 4 nitrogen and oxygen atoms in total. The van der Waals surface area contributed by atoms with E-state index in [0.29, 0.717) is 5.69 Å². The Balaban J connectivity index is 2.08. The molecule has 0 spiro atoms. The predicted octanol–water partition coefficient (Wildman–Crippen LogP) is 4.09. The van der Waals surface area contributed by atoms with Crippen LogP contribution in [0.3, 0.4) is 0 Å². The second-order valence-electron chi connectivity index (χ2n) is 6.03. The summed E-state index contributed by atoms with van der Waals surface area (Å²) in [5.74, 6) is 0. The van der Waals surface area contributed by atoms with Crippen LogP contribution in [0.5, 0.6) is 0 Å². The van der Waals surface area contributed by atoms with Gasteiger partial charge in [-0.2, -0.15) is 0 Å². The molecule has 0 saturated carbocycles. The van der Waals surface area contributed by atoms with Gasteiger partial charge in [0.25, 0.3) is 10.0 Å². The number of benzene rings is 2. The summed E-state index contributed by atoms with van der Waals surface area (Å²) in [4.78, 5) is 4.37. The number of pyridine rings is 1. The van der Waals surface area contributed by atoms with Crippen molar-refractivity contribution in [3.8, 4) is 0 Å². The van der Waals surface area contributed by atoms with Crippen molar-refractivity contribution in [1.82, 2.24) is 4.98 Å². The predicted molar refractivity (Wildman–Crippen MR) is 100.0 cm³/mol. The van der Waals surface area contributed by atoms with E-state index in [1.165, 1.54) is 4.31 Å². The summed E-state index contributed by atoms with van der Waals surface area (Å²) < 4.78 is 28.0. The molecule has 1 aromatic heterocycles. The van der Waals surface area contributed by atoms with Crippen molar-refractivity contribution in [3.05, 3.63) is 89.7 Å². The first-order valence-corrected chi connectivity index (χ1v) is 9.46. The third kappa shape index (κ3) is 3.88. The van der Waals surface area contributed by atoms with E-state index in [4.69, 9.17) is 0 Å². The number of anilines is 1. The molecule has 0 N–H and O–H groups in total. The largest absolute Gasteiger partial charge is 0.264 e. The zero-order valence-electron chi connectivity index (χ0n) is 14.3. The third-order valence-electron chi connectivity index (χ3n) is 3.95. The fourth-order valence-electron chi connectivity index (χ4n) is 2.59. The molecule has 0 saturated heterocycles. The second-order valence-corrected chi connectivity index (χ2v) is 7.89. The topological polar surface area (TPSA) is 50.3 Å². The first-order chi connectivity index (χ1) is 12.0. The summed E-state index contributed by atoms with van der Waals surface area (Å²) in [6.45, 7) is 4.11. The molecular formula is C20H20N2O2S. The lowest BCUT2D eigenvalue weighted by Crippen LogP contribution is -2.30. The number of aryl methyl sites for hydroxylation is 2. The molecule has 25 heavy (non-hydrogen) atoms. The Bertz CT molecular complexity index is 953. The maximum atomic E-state index is 13.3. The van der Waals surface area contributed by atoms with Crippen molar-refractivity contribution in [2.24, 2.45) is 0 Å². The van der Waals surface area contributed by atoms with E-state index in [1.807, 2.05) is 62.4 Å². The van der Waals surface area contributed by atoms with E-state index in [0.717, 1.165) is 16.7 Å². The Morgan fingerprint density at radius 2 is 1.68 bits per heavy atom.